The lowest BCUT2D eigenvalue weighted by Gasteiger charge is -2.30. The van der Waals surface area contributed by atoms with Gasteiger partial charge < -0.3 is 10.6 Å². The van der Waals surface area contributed by atoms with Crippen LogP contribution in [-0.2, 0) is 13.1 Å². The molecule has 8 aromatic rings. The Labute approximate surface area is 402 Å². The molecular weight excluding hydrogens is 883 g/mol. The summed E-state index contributed by atoms with van der Waals surface area (Å²) in [4.78, 5) is 103. The number of amides is 6. The van der Waals surface area contributed by atoms with Crippen LogP contribution in [0.4, 0.5) is 0 Å². The number of aromatic nitrogens is 4. The first-order valence-electron chi connectivity index (χ1n) is 23.0. The van der Waals surface area contributed by atoms with E-state index in [1.54, 1.807) is 60.9 Å². The molecule has 346 valence electrons. The number of pyridine rings is 4. The van der Waals surface area contributed by atoms with Gasteiger partial charge in [-0.3, -0.25) is 63.4 Å². The normalized spacial score (nSPS) is 13.2. The van der Waals surface area contributed by atoms with Gasteiger partial charge in [0.2, 0.25) is 0 Å². The highest BCUT2D eigenvalue weighted by Gasteiger charge is 2.34. The monoisotopic (exact) mass is 927 g/mol. The first-order chi connectivity index (χ1) is 34.2. The zero-order valence-corrected chi connectivity index (χ0v) is 37.8. The Bertz CT molecular complexity index is 2990. The van der Waals surface area contributed by atoms with Crippen LogP contribution in [-0.4, -0.2) is 96.3 Å². The summed E-state index contributed by atoms with van der Waals surface area (Å²) in [6.07, 6.45) is 7.21. The van der Waals surface area contributed by atoms with Gasteiger partial charge in [-0.05, 0) is 96.4 Å². The molecule has 2 aliphatic heterocycles. The maximum Gasteiger partial charge on any atom is 0.261 e. The lowest BCUT2D eigenvalue weighted by molar-refractivity contribution is 0.0593. The van der Waals surface area contributed by atoms with Gasteiger partial charge in [0.25, 0.3) is 35.4 Å². The molecule has 0 spiro atoms. The van der Waals surface area contributed by atoms with Crippen molar-refractivity contribution in [2.24, 2.45) is 0 Å². The topological polar surface area (TPSA) is 188 Å². The van der Waals surface area contributed by atoms with Gasteiger partial charge in [0.1, 0.15) is 0 Å². The van der Waals surface area contributed by atoms with Crippen molar-refractivity contribution in [2.75, 3.05) is 26.2 Å². The minimum absolute atomic E-state index is 0.148. The number of nitrogens with zero attached hydrogens (tertiary/aromatic N) is 7. The number of hydrogen-bond acceptors (Lipinski definition) is 11. The standard InChI is InChI=1S/C55H45N9O6/c65-50(58-27-9-29-63-52(67)41-15-5-11-35-12-6-16-42(47(35)41)53(63)68)37-21-23-39(60-31-37)33-62(49(45-19-1-3-25-56-45)46-20-2-4-26-57-46)34-40-24-22-38(32-61-40)51(66)59-28-10-30-64-54(69)43-17-7-13-36-14-8-18-44(48(36)43)55(64)70/h1-8,11-26,31-32,49H,9-10,27-30,33-34H2,(H,58,65)(H,59,66). The van der Waals surface area contributed by atoms with Crippen molar-refractivity contribution in [1.29, 1.82) is 0 Å². The summed E-state index contributed by atoms with van der Waals surface area (Å²) < 4.78 is 0. The molecule has 2 N–H and O–H groups in total. The third-order valence-corrected chi connectivity index (χ3v) is 12.6. The fourth-order valence-corrected chi connectivity index (χ4v) is 9.21. The minimum Gasteiger partial charge on any atom is -0.352 e. The number of nitrogens with one attached hydrogen (secondary N) is 2. The van der Waals surface area contributed by atoms with E-state index in [0.717, 1.165) is 22.2 Å². The van der Waals surface area contributed by atoms with Gasteiger partial charge in [-0.2, -0.15) is 0 Å². The molecule has 0 atom stereocenters. The zero-order valence-electron chi connectivity index (χ0n) is 37.8. The van der Waals surface area contributed by atoms with E-state index in [2.05, 4.69) is 25.5 Å². The molecule has 0 aliphatic carbocycles. The predicted molar refractivity (Wildman–Crippen MR) is 261 cm³/mol. The molecule has 0 saturated heterocycles. The lowest BCUT2D eigenvalue weighted by atomic mass is 9.94. The number of hydrogen-bond donors (Lipinski definition) is 2. The van der Waals surface area contributed by atoms with Crippen LogP contribution >= 0.6 is 0 Å². The third-order valence-electron chi connectivity index (χ3n) is 12.6. The average molecular weight is 928 g/mol. The van der Waals surface area contributed by atoms with Crippen molar-refractivity contribution in [1.82, 2.24) is 45.3 Å². The van der Waals surface area contributed by atoms with Gasteiger partial charge in [0.15, 0.2) is 0 Å². The second-order valence-electron chi connectivity index (χ2n) is 17.1. The van der Waals surface area contributed by atoms with Gasteiger partial charge in [0.05, 0.1) is 39.9 Å². The zero-order chi connectivity index (χ0) is 48.1. The SMILES string of the molecule is O=C(NCCCN1C(=O)c2cccc3cccc(c23)C1=O)c1ccc(CN(Cc2ccc(C(=O)NCCCN3C(=O)c4cccc5cccc(c45)C3=O)cn2)C(c2ccccn2)c2ccccn2)nc1. The molecule has 0 saturated carbocycles. The molecule has 0 bridgehead atoms. The van der Waals surface area contributed by atoms with Crippen molar-refractivity contribution >= 4 is 57.0 Å². The van der Waals surface area contributed by atoms with E-state index in [-0.39, 0.29) is 61.6 Å². The maximum absolute atomic E-state index is 13.3. The Kier molecular flexibility index (Phi) is 12.7. The number of carbonyl (C=O) groups is 6. The lowest BCUT2D eigenvalue weighted by Crippen LogP contribution is -2.41. The molecule has 15 heteroatoms. The highest BCUT2D eigenvalue weighted by molar-refractivity contribution is 6.26. The molecule has 6 heterocycles. The second kappa shape index (κ2) is 19.8. The number of carbonyl (C=O) groups excluding carboxylic acids is 6. The summed E-state index contributed by atoms with van der Waals surface area (Å²) in [6, 6.07) is 39.6. The first-order valence-corrected chi connectivity index (χ1v) is 23.0. The molecule has 70 heavy (non-hydrogen) atoms. The van der Waals surface area contributed by atoms with E-state index >= 15 is 0 Å². The fraction of sp³-hybridized carbons (Fsp3) is 0.164. The van der Waals surface area contributed by atoms with Crippen LogP contribution in [0.2, 0.25) is 0 Å². The fourth-order valence-electron chi connectivity index (χ4n) is 9.21. The van der Waals surface area contributed by atoms with Crippen molar-refractivity contribution in [3.8, 4) is 0 Å². The molecule has 4 aromatic heterocycles. The Balaban J connectivity index is 0.775. The number of benzene rings is 4. The predicted octanol–water partition coefficient (Wildman–Crippen LogP) is 7.20. The van der Waals surface area contributed by atoms with E-state index in [1.165, 1.54) is 22.2 Å². The van der Waals surface area contributed by atoms with E-state index in [4.69, 9.17) is 9.97 Å². The molecule has 10 rings (SSSR count). The summed E-state index contributed by atoms with van der Waals surface area (Å²) in [5, 5.41) is 8.81. The van der Waals surface area contributed by atoms with E-state index in [0.29, 0.717) is 81.5 Å². The van der Waals surface area contributed by atoms with Crippen LogP contribution < -0.4 is 10.6 Å². The quantitative estimate of drug-likeness (QED) is 0.0695. The maximum atomic E-state index is 13.3. The Hall–Kier alpha value is -8.82. The Morgan fingerprint density at radius 1 is 0.471 bits per heavy atom. The molecule has 2 aliphatic rings. The van der Waals surface area contributed by atoms with E-state index in [1.807, 2.05) is 84.9 Å². The number of imide groups is 2. The molecule has 4 aromatic carbocycles. The van der Waals surface area contributed by atoms with Gasteiger partial charge in [-0.15, -0.1) is 0 Å². The van der Waals surface area contributed by atoms with Gasteiger partial charge in [-0.1, -0.05) is 60.7 Å². The van der Waals surface area contributed by atoms with Crippen LogP contribution in [0.5, 0.6) is 0 Å². The van der Waals surface area contributed by atoms with E-state index in [9.17, 15) is 28.8 Å². The minimum atomic E-state index is -0.433. The highest BCUT2D eigenvalue weighted by atomic mass is 16.2. The van der Waals surface area contributed by atoms with Crippen LogP contribution in [0.15, 0.2) is 158 Å². The Morgan fingerprint density at radius 3 is 1.21 bits per heavy atom. The second-order valence-corrected chi connectivity index (χ2v) is 17.1. The average Bonchev–Trinajstić information content (AvgIpc) is 3.40. The molecule has 6 amide bonds. The highest BCUT2D eigenvalue weighted by Crippen LogP contribution is 2.32. The summed E-state index contributed by atoms with van der Waals surface area (Å²) >= 11 is 0. The smallest absolute Gasteiger partial charge is 0.261 e. The van der Waals surface area contributed by atoms with Crippen LogP contribution in [0.1, 0.15) is 104 Å². The van der Waals surface area contributed by atoms with Gasteiger partial charge in [0, 0.05) is 97.1 Å². The summed E-state index contributed by atoms with van der Waals surface area (Å²) in [5.74, 6) is -2.07. The summed E-state index contributed by atoms with van der Waals surface area (Å²) in [7, 11) is 0. The van der Waals surface area contributed by atoms with Crippen molar-refractivity contribution in [3.63, 3.8) is 0 Å². The van der Waals surface area contributed by atoms with Gasteiger partial charge in [-0.25, -0.2) is 0 Å². The van der Waals surface area contributed by atoms with Crippen molar-refractivity contribution in [3.05, 3.63) is 214 Å². The molecule has 0 unspecified atom stereocenters. The third kappa shape index (κ3) is 9.00. The van der Waals surface area contributed by atoms with Gasteiger partial charge >= 0.3 is 0 Å². The van der Waals surface area contributed by atoms with Crippen LogP contribution in [0.3, 0.4) is 0 Å². The number of rotatable bonds is 17. The summed E-state index contributed by atoms with van der Waals surface area (Å²) in [5.41, 5.74) is 5.48. The van der Waals surface area contributed by atoms with Crippen LogP contribution in [0.25, 0.3) is 21.5 Å². The molecule has 0 radical (unpaired) electrons. The summed E-state index contributed by atoms with van der Waals surface area (Å²) in [6.45, 7) is 1.38. The largest absolute Gasteiger partial charge is 0.352 e. The molecular formula is C55H45N9O6. The van der Waals surface area contributed by atoms with Crippen LogP contribution in [0, 0.1) is 0 Å². The Morgan fingerprint density at radius 2 is 0.871 bits per heavy atom. The van der Waals surface area contributed by atoms with Crippen molar-refractivity contribution < 1.29 is 28.8 Å². The molecule has 15 nitrogen and oxygen atoms in total. The first kappa shape index (κ1) is 45.0. The van der Waals surface area contributed by atoms with Crippen molar-refractivity contribution in [2.45, 2.75) is 32.0 Å². The molecule has 0 fully saturated rings. The van der Waals surface area contributed by atoms with E-state index < -0.39 is 6.04 Å².